The summed E-state index contributed by atoms with van der Waals surface area (Å²) in [6.07, 6.45) is 1.65. The monoisotopic (exact) mass is 379 g/mol. The van der Waals surface area contributed by atoms with Crippen molar-refractivity contribution in [2.45, 2.75) is 12.8 Å². The summed E-state index contributed by atoms with van der Waals surface area (Å²) in [6, 6.07) is 7.32. The van der Waals surface area contributed by atoms with Crippen molar-refractivity contribution in [3.63, 3.8) is 0 Å². The van der Waals surface area contributed by atoms with Gasteiger partial charge in [0.1, 0.15) is 10.2 Å². The predicted octanol–water partition coefficient (Wildman–Crippen LogP) is 3.31. The molecule has 1 aliphatic heterocycles. The van der Waals surface area contributed by atoms with E-state index in [2.05, 4.69) is 24.1 Å². The molecule has 0 saturated carbocycles. The minimum absolute atomic E-state index is 0.447. The fraction of sp³-hybridized carbons (Fsp3) is 0.444. The van der Waals surface area contributed by atoms with Crippen molar-refractivity contribution >= 4 is 34.7 Å². The predicted molar refractivity (Wildman–Crippen MR) is 100 cm³/mol. The lowest BCUT2D eigenvalue weighted by Gasteiger charge is -2.38. The van der Waals surface area contributed by atoms with Gasteiger partial charge >= 0.3 is 0 Å². The standard InChI is InChI=1S/C18H22ClN3O2S/c1-22(2)9-7-13(8-10-22)11-24-18(23)20-15-5-3-14(4-6-15)17-21-16(19)12-25-17/h3-6,12-13H,7-11H2,1-2H3. The molecule has 2 heterocycles. The van der Waals surface area contributed by atoms with Gasteiger partial charge in [-0.15, -0.1) is 11.3 Å². The van der Waals surface area contributed by atoms with Crippen molar-refractivity contribution in [2.24, 2.45) is 10.9 Å². The summed E-state index contributed by atoms with van der Waals surface area (Å²) in [7, 11) is 4.47. The second-order valence-corrected chi connectivity index (χ2v) is 8.28. The van der Waals surface area contributed by atoms with Crippen LogP contribution in [0.25, 0.3) is 10.6 Å². The number of quaternary nitrogens is 1. The van der Waals surface area contributed by atoms with Gasteiger partial charge in [0, 0.05) is 23.8 Å². The normalized spacial score (nSPS) is 18.3. The summed E-state index contributed by atoms with van der Waals surface area (Å²) in [4.78, 5) is 8.23. The van der Waals surface area contributed by atoms with Gasteiger partial charge in [0.05, 0.1) is 32.9 Å². The highest BCUT2D eigenvalue weighted by Gasteiger charge is 2.25. The maximum atomic E-state index is 11.9. The number of benzene rings is 1. The summed E-state index contributed by atoms with van der Waals surface area (Å²) < 4.78 is 6.38. The topological polar surface area (TPSA) is 57.5 Å². The van der Waals surface area contributed by atoms with Gasteiger partial charge in [-0.3, -0.25) is 0 Å². The molecule has 7 heteroatoms. The van der Waals surface area contributed by atoms with Crippen molar-refractivity contribution in [1.82, 2.24) is 4.98 Å². The summed E-state index contributed by atoms with van der Waals surface area (Å²) >= 11 is 7.32. The van der Waals surface area contributed by atoms with Crippen LogP contribution in [0.1, 0.15) is 12.8 Å². The van der Waals surface area contributed by atoms with Crippen molar-refractivity contribution in [3.05, 3.63) is 34.8 Å². The van der Waals surface area contributed by atoms with Crippen LogP contribution >= 0.6 is 22.9 Å². The zero-order valence-electron chi connectivity index (χ0n) is 14.4. The number of likely N-dealkylation sites (tertiary alicyclic amines) is 1. The van der Waals surface area contributed by atoms with Gasteiger partial charge in [-0.2, -0.15) is 0 Å². The van der Waals surface area contributed by atoms with Crippen molar-refractivity contribution in [3.8, 4) is 10.6 Å². The Balaban J connectivity index is 1.53. The van der Waals surface area contributed by atoms with Crippen LogP contribution in [0.2, 0.25) is 5.15 Å². The van der Waals surface area contributed by atoms with Gasteiger partial charge in [0.15, 0.2) is 6.08 Å². The summed E-state index contributed by atoms with van der Waals surface area (Å²) in [6.45, 7) is 2.71. The van der Waals surface area contributed by atoms with E-state index < -0.39 is 6.08 Å². The van der Waals surface area contributed by atoms with Gasteiger partial charge in [0.2, 0.25) is 0 Å². The van der Waals surface area contributed by atoms with E-state index in [0.29, 0.717) is 23.4 Å². The lowest BCUT2D eigenvalue weighted by Crippen LogP contribution is -2.47. The smallest absolute Gasteiger partial charge is 0.151 e. The van der Waals surface area contributed by atoms with E-state index in [1.807, 2.05) is 12.1 Å². The fourth-order valence-electron chi connectivity index (χ4n) is 2.88. The first-order valence-corrected chi connectivity index (χ1v) is 9.59. The Morgan fingerprint density at radius 2 is 2.00 bits per heavy atom. The molecular weight excluding hydrogens is 358 g/mol. The molecule has 5 nitrogen and oxygen atoms in total. The molecular formula is C18H22ClN3O2S. The van der Waals surface area contributed by atoms with Crippen LogP contribution < -0.4 is 5.11 Å². The molecule has 0 unspecified atom stereocenters. The molecule has 2 aromatic rings. The third-order valence-electron chi connectivity index (χ3n) is 4.54. The third-order valence-corrected chi connectivity index (χ3v) is 5.75. The molecule has 0 amide bonds. The van der Waals surface area contributed by atoms with Crippen LogP contribution in [0.3, 0.4) is 0 Å². The molecule has 0 aliphatic carbocycles. The molecule has 3 rings (SSSR count). The van der Waals surface area contributed by atoms with Gasteiger partial charge < -0.3 is 14.3 Å². The van der Waals surface area contributed by atoms with Gasteiger partial charge in [-0.25, -0.2) is 9.98 Å². The number of aromatic nitrogens is 1. The minimum Gasteiger partial charge on any atom is -0.600 e. The van der Waals surface area contributed by atoms with Gasteiger partial charge in [-0.05, 0) is 36.8 Å². The SMILES string of the molecule is C[N+]1(C)CCC(COC([O-])=Nc2ccc(-c3nc(Cl)cs3)cc2)CC1. The highest BCUT2D eigenvalue weighted by atomic mass is 35.5. The molecule has 1 fully saturated rings. The van der Waals surface area contributed by atoms with E-state index in [0.717, 1.165) is 41.0 Å². The average molecular weight is 380 g/mol. The maximum absolute atomic E-state index is 11.9. The van der Waals surface area contributed by atoms with E-state index in [1.165, 1.54) is 11.3 Å². The zero-order valence-corrected chi connectivity index (χ0v) is 16.0. The van der Waals surface area contributed by atoms with E-state index in [9.17, 15) is 5.11 Å². The summed E-state index contributed by atoms with van der Waals surface area (Å²) in [5, 5.41) is 15.0. The minimum atomic E-state index is -0.524. The molecule has 1 aromatic carbocycles. The van der Waals surface area contributed by atoms with Crippen molar-refractivity contribution in [2.75, 3.05) is 33.8 Å². The van der Waals surface area contributed by atoms with Crippen LogP contribution in [-0.4, -0.2) is 49.3 Å². The zero-order chi connectivity index (χ0) is 17.9. The van der Waals surface area contributed by atoms with E-state index in [1.54, 1.807) is 17.5 Å². The molecule has 0 radical (unpaired) electrons. The van der Waals surface area contributed by atoms with Crippen molar-refractivity contribution in [1.29, 1.82) is 0 Å². The van der Waals surface area contributed by atoms with Crippen LogP contribution in [0.15, 0.2) is 34.6 Å². The molecule has 0 spiro atoms. The summed E-state index contributed by atoms with van der Waals surface area (Å²) in [5.74, 6) is 0.447. The molecule has 0 N–H and O–H groups in total. The number of hydrogen-bond acceptors (Lipinski definition) is 5. The average Bonchev–Trinajstić information content (AvgIpc) is 3.01. The number of halogens is 1. The number of nitrogens with zero attached hydrogens (tertiary/aromatic N) is 3. The molecule has 1 saturated heterocycles. The number of ether oxygens (including phenoxy) is 1. The maximum Gasteiger partial charge on any atom is 0.151 e. The quantitative estimate of drug-likeness (QED) is 0.465. The lowest BCUT2D eigenvalue weighted by molar-refractivity contribution is -0.896. The number of aliphatic imine (C=N–C) groups is 1. The molecule has 1 aromatic heterocycles. The van der Waals surface area contributed by atoms with Crippen LogP contribution in [-0.2, 0) is 4.74 Å². The Bertz CT molecular complexity index is 733. The Hall–Kier alpha value is -1.63. The molecule has 25 heavy (non-hydrogen) atoms. The van der Waals surface area contributed by atoms with Crippen molar-refractivity contribution < 1.29 is 14.3 Å². The highest BCUT2D eigenvalue weighted by molar-refractivity contribution is 7.13. The molecule has 134 valence electrons. The van der Waals surface area contributed by atoms with Gasteiger partial charge in [-0.1, -0.05) is 11.6 Å². The van der Waals surface area contributed by atoms with E-state index in [-0.39, 0.29) is 0 Å². The third kappa shape index (κ3) is 5.17. The Labute approximate surface area is 157 Å². The number of hydrogen-bond donors (Lipinski definition) is 0. The number of piperidine rings is 1. The van der Waals surface area contributed by atoms with Crippen LogP contribution in [0.5, 0.6) is 0 Å². The first-order chi connectivity index (χ1) is 11.9. The Morgan fingerprint density at radius 3 is 2.60 bits per heavy atom. The molecule has 1 aliphatic rings. The second-order valence-electron chi connectivity index (χ2n) is 7.04. The molecule has 0 atom stereocenters. The fourth-order valence-corrected chi connectivity index (χ4v) is 3.83. The van der Waals surface area contributed by atoms with Crippen LogP contribution in [0.4, 0.5) is 5.69 Å². The van der Waals surface area contributed by atoms with E-state index in [4.69, 9.17) is 16.3 Å². The van der Waals surface area contributed by atoms with E-state index >= 15 is 0 Å². The number of rotatable bonds is 4. The Morgan fingerprint density at radius 1 is 1.32 bits per heavy atom. The number of thiazole rings is 1. The highest BCUT2D eigenvalue weighted by Crippen LogP contribution is 2.27. The lowest BCUT2D eigenvalue weighted by atomic mass is 9.97. The molecule has 0 bridgehead atoms. The summed E-state index contributed by atoms with van der Waals surface area (Å²) in [5.41, 5.74) is 1.53. The van der Waals surface area contributed by atoms with Gasteiger partial charge in [0.25, 0.3) is 0 Å². The second kappa shape index (κ2) is 7.72. The van der Waals surface area contributed by atoms with Crippen LogP contribution in [0, 0.1) is 5.92 Å². The Kier molecular flexibility index (Phi) is 5.61. The first-order valence-electron chi connectivity index (χ1n) is 8.33. The largest absolute Gasteiger partial charge is 0.600 e. The first kappa shape index (κ1) is 18.2.